The van der Waals surface area contributed by atoms with Crippen LogP contribution in [0, 0.1) is 11.3 Å². The molecule has 2 rings (SSSR count). The number of hydrogen-bond donors (Lipinski definition) is 0. The predicted octanol–water partition coefficient (Wildman–Crippen LogP) is 5.37. The maximum atomic E-state index is 6.77. The summed E-state index contributed by atoms with van der Waals surface area (Å²) >= 11 is 0. The molecule has 0 amide bonds. The average Bonchev–Trinajstić information content (AvgIpc) is 2.54. The highest BCUT2D eigenvalue weighted by atomic mass is 28.4. The fraction of sp³-hybridized carbons (Fsp3) is 1.00. The van der Waals surface area contributed by atoms with Gasteiger partial charge in [0, 0.05) is 0 Å². The molecule has 0 aromatic carbocycles. The summed E-state index contributed by atoms with van der Waals surface area (Å²) in [6.45, 7) is 14.4. The van der Waals surface area contributed by atoms with Crippen molar-refractivity contribution in [1.82, 2.24) is 0 Å². The quantitative estimate of drug-likeness (QED) is 0.612. The first-order valence-corrected chi connectivity index (χ1v) is 10.8. The minimum Gasteiger partial charge on any atom is -0.413 e. The monoisotopic (exact) mass is 268 g/mol. The van der Waals surface area contributed by atoms with Crippen LogP contribution in [0.5, 0.6) is 0 Å². The molecule has 0 aromatic rings. The number of fused-ring (bicyclic) bond motifs is 1. The largest absolute Gasteiger partial charge is 0.413 e. The van der Waals surface area contributed by atoms with Crippen LogP contribution < -0.4 is 0 Å². The molecule has 0 saturated heterocycles. The summed E-state index contributed by atoms with van der Waals surface area (Å²) in [7, 11) is -1.59. The van der Waals surface area contributed by atoms with E-state index in [1.165, 1.54) is 38.5 Å². The van der Waals surface area contributed by atoms with Crippen molar-refractivity contribution in [2.75, 3.05) is 0 Å². The van der Waals surface area contributed by atoms with Gasteiger partial charge in [-0.3, -0.25) is 0 Å². The molecule has 2 saturated carbocycles. The second-order valence-electron chi connectivity index (χ2n) is 8.39. The average molecular weight is 269 g/mol. The van der Waals surface area contributed by atoms with E-state index in [0.717, 1.165) is 5.92 Å². The summed E-state index contributed by atoms with van der Waals surface area (Å²) < 4.78 is 6.77. The molecule has 0 bridgehead atoms. The summed E-state index contributed by atoms with van der Waals surface area (Å²) in [6.07, 6.45) is 9.00. The van der Waals surface area contributed by atoms with Gasteiger partial charge in [0.15, 0.2) is 8.32 Å². The van der Waals surface area contributed by atoms with Gasteiger partial charge in [-0.15, -0.1) is 0 Å². The summed E-state index contributed by atoms with van der Waals surface area (Å²) in [5.41, 5.74) is 0.494. The van der Waals surface area contributed by atoms with Gasteiger partial charge in [-0.1, -0.05) is 40.5 Å². The molecule has 0 N–H and O–H groups in total. The predicted molar refractivity (Wildman–Crippen MR) is 81.4 cm³/mol. The van der Waals surface area contributed by atoms with Crippen molar-refractivity contribution in [3.63, 3.8) is 0 Å². The van der Waals surface area contributed by atoms with E-state index in [1.54, 1.807) is 0 Å². The smallest absolute Gasteiger partial charge is 0.192 e. The van der Waals surface area contributed by atoms with Crippen LogP contribution in [0.25, 0.3) is 0 Å². The highest BCUT2D eigenvalue weighted by Crippen LogP contribution is 2.54. The first-order chi connectivity index (χ1) is 8.17. The van der Waals surface area contributed by atoms with Gasteiger partial charge in [0.2, 0.25) is 0 Å². The molecule has 0 aromatic heterocycles. The van der Waals surface area contributed by atoms with E-state index in [0.29, 0.717) is 16.6 Å². The fourth-order valence-corrected chi connectivity index (χ4v) is 5.19. The molecule has 0 spiro atoms. The topological polar surface area (TPSA) is 9.23 Å². The van der Waals surface area contributed by atoms with E-state index >= 15 is 0 Å². The van der Waals surface area contributed by atoms with E-state index < -0.39 is 8.32 Å². The van der Waals surface area contributed by atoms with Gasteiger partial charge >= 0.3 is 0 Å². The SMILES string of the molecule is CC12CCCCC1CCC2O[Si](C)(C)C(C)(C)C. The van der Waals surface area contributed by atoms with Crippen LogP contribution in [-0.4, -0.2) is 14.4 Å². The van der Waals surface area contributed by atoms with Crippen LogP contribution in [0.3, 0.4) is 0 Å². The highest BCUT2D eigenvalue weighted by molar-refractivity contribution is 6.74. The Balaban J connectivity index is 2.11. The lowest BCUT2D eigenvalue weighted by molar-refractivity contribution is 0.0218. The van der Waals surface area contributed by atoms with Gasteiger partial charge in [-0.2, -0.15) is 0 Å². The van der Waals surface area contributed by atoms with Gasteiger partial charge in [-0.05, 0) is 55.1 Å². The molecule has 18 heavy (non-hydrogen) atoms. The Hall–Kier alpha value is 0.177. The minimum atomic E-state index is -1.59. The van der Waals surface area contributed by atoms with E-state index in [4.69, 9.17) is 4.43 Å². The van der Waals surface area contributed by atoms with Gasteiger partial charge in [0.25, 0.3) is 0 Å². The standard InChI is InChI=1S/C16H32OSi/c1-15(2,3)18(5,6)17-14-11-10-13-9-7-8-12-16(13,14)4/h13-14H,7-12H2,1-6H3. The Kier molecular flexibility index (Phi) is 3.75. The van der Waals surface area contributed by atoms with E-state index in [1.807, 2.05) is 0 Å². The normalized spacial score (nSPS) is 37.7. The zero-order chi connectivity index (χ0) is 13.6. The van der Waals surface area contributed by atoms with E-state index in [-0.39, 0.29) is 0 Å². The Bertz CT molecular complexity index is 305. The lowest BCUT2D eigenvalue weighted by Crippen LogP contribution is -2.48. The van der Waals surface area contributed by atoms with Gasteiger partial charge in [0.1, 0.15) is 0 Å². The molecule has 2 aliphatic rings. The van der Waals surface area contributed by atoms with Gasteiger partial charge < -0.3 is 4.43 Å². The summed E-state index contributed by atoms with van der Waals surface area (Å²) in [5, 5.41) is 0.343. The molecular weight excluding hydrogens is 236 g/mol. The summed E-state index contributed by atoms with van der Waals surface area (Å²) in [4.78, 5) is 0. The zero-order valence-corrected chi connectivity index (χ0v) is 14.3. The van der Waals surface area contributed by atoms with Crippen molar-refractivity contribution < 1.29 is 4.43 Å². The Labute approximate surface area is 115 Å². The van der Waals surface area contributed by atoms with Crippen molar-refractivity contribution in [1.29, 1.82) is 0 Å². The molecule has 2 aliphatic carbocycles. The molecule has 1 nitrogen and oxygen atoms in total. The molecule has 3 atom stereocenters. The Morgan fingerprint density at radius 1 is 1.06 bits per heavy atom. The minimum absolute atomic E-state index is 0.343. The molecular formula is C16H32OSi. The van der Waals surface area contributed by atoms with Crippen LogP contribution in [0.15, 0.2) is 0 Å². The van der Waals surface area contributed by atoms with Crippen LogP contribution in [-0.2, 0) is 4.43 Å². The first-order valence-electron chi connectivity index (χ1n) is 7.85. The third kappa shape index (κ3) is 2.43. The number of rotatable bonds is 2. The highest BCUT2D eigenvalue weighted by Gasteiger charge is 2.51. The molecule has 3 unspecified atom stereocenters. The maximum absolute atomic E-state index is 6.77. The van der Waals surface area contributed by atoms with Gasteiger partial charge in [-0.25, -0.2) is 0 Å². The second kappa shape index (κ2) is 4.62. The maximum Gasteiger partial charge on any atom is 0.192 e. The molecule has 0 heterocycles. The van der Waals surface area contributed by atoms with Crippen molar-refractivity contribution in [2.45, 2.75) is 90.5 Å². The van der Waals surface area contributed by atoms with E-state index in [2.05, 4.69) is 40.8 Å². The molecule has 2 fully saturated rings. The third-order valence-corrected chi connectivity index (χ3v) is 10.7. The second-order valence-corrected chi connectivity index (χ2v) is 13.1. The van der Waals surface area contributed by atoms with Gasteiger partial charge in [0.05, 0.1) is 6.10 Å². The molecule has 0 radical (unpaired) electrons. The fourth-order valence-electron chi connectivity index (χ4n) is 3.74. The Morgan fingerprint density at radius 2 is 1.72 bits per heavy atom. The molecule has 2 heteroatoms. The van der Waals surface area contributed by atoms with Crippen molar-refractivity contribution >= 4 is 8.32 Å². The van der Waals surface area contributed by atoms with Crippen LogP contribution >= 0.6 is 0 Å². The summed E-state index contributed by atoms with van der Waals surface area (Å²) in [6, 6.07) is 0. The lowest BCUT2D eigenvalue weighted by atomic mass is 9.69. The first kappa shape index (κ1) is 14.6. The van der Waals surface area contributed by atoms with Crippen molar-refractivity contribution in [2.24, 2.45) is 11.3 Å². The molecule has 106 valence electrons. The van der Waals surface area contributed by atoms with Crippen LogP contribution in [0.4, 0.5) is 0 Å². The van der Waals surface area contributed by atoms with E-state index in [9.17, 15) is 0 Å². The zero-order valence-electron chi connectivity index (χ0n) is 13.3. The lowest BCUT2D eigenvalue weighted by Gasteiger charge is -2.46. The van der Waals surface area contributed by atoms with Crippen molar-refractivity contribution in [3.05, 3.63) is 0 Å². The van der Waals surface area contributed by atoms with Crippen molar-refractivity contribution in [3.8, 4) is 0 Å². The van der Waals surface area contributed by atoms with Crippen LogP contribution in [0.1, 0.15) is 66.2 Å². The number of hydrogen-bond acceptors (Lipinski definition) is 1. The summed E-state index contributed by atoms with van der Waals surface area (Å²) in [5.74, 6) is 0.945. The molecule has 0 aliphatic heterocycles. The Morgan fingerprint density at radius 3 is 2.33 bits per heavy atom. The third-order valence-electron chi connectivity index (χ3n) is 6.21. The van der Waals surface area contributed by atoms with Crippen LogP contribution in [0.2, 0.25) is 18.1 Å².